The zero-order chi connectivity index (χ0) is 22.3. The van der Waals surface area contributed by atoms with Gasteiger partial charge in [-0.2, -0.15) is 0 Å². The molecule has 0 fully saturated rings. The molecule has 1 heteroatoms. The Morgan fingerprint density at radius 2 is 0.966 bits per heavy atom. The first-order valence-electron chi connectivity index (χ1n) is 12.0. The normalized spacial score (nSPS) is 12.3. The molecule has 0 bridgehead atoms. The molecule has 1 nitrogen and oxygen atoms in total. The van der Waals surface area contributed by atoms with Crippen molar-refractivity contribution in [1.82, 2.24) is 4.90 Å². The molecule has 0 saturated carbocycles. The van der Waals surface area contributed by atoms with E-state index in [0.29, 0.717) is 0 Å². The molecule has 0 aliphatic heterocycles. The quantitative estimate of drug-likeness (QED) is 0.472. The van der Waals surface area contributed by atoms with Crippen LogP contribution in [0.1, 0.15) is 92.2 Å². The highest BCUT2D eigenvalue weighted by atomic mass is 15.1. The smallest absolute Gasteiger partial charge is 0.0215 e. The predicted molar refractivity (Wildman–Crippen MR) is 134 cm³/mol. The van der Waals surface area contributed by atoms with E-state index in [1.807, 2.05) is 27.7 Å². The van der Waals surface area contributed by atoms with E-state index >= 15 is 0 Å². The summed E-state index contributed by atoms with van der Waals surface area (Å²) >= 11 is 0. The van der Waals surface area contributed by atoms with Gasteiger partial charge in [-0.1, -0.05) is 117 Å². The molecule has 0 aromatic heterocycles. The van der Waals surface area contributed by atoms with Crippen molar-refractivity contribution in [2.24, 2.45) is 0 Å². The Bertz CT molecular complexity index is 601. The van der Waals surface area contributed by atoms with Gasteiger partial charge in [0.05, 0.1) is 0 Å². The summed E-state index contributed by atoms with van der Waals surface area (Å²) in [6.07, 6.45) is 5.00. The molecular weight excluding hydrogens is 350 g/mol. The monoisotopic (exact) mass is 397 g/mol. The number of fused-ring (bicyclic) bond motifs is 3. The maximum atomic E-state index is 2.35. The second-order valence-electron chi connectivity index (χ2n) is 7.16. The van der Waals surface area contributed by atoms with Gasteiger partial charge in [0.25, 0.3) is 0 Å². The molecule has 29 heavy (non-hydrogen) atoms. The third kappa shape index (κ3) is 6.71. The van der Waals surface area contributed by atoms with Gasteiger partial charge in [0.2, 0.25) is 0 Å². The first-order valence-corrected chi connectivity index (χ1v) is 12.0. The minimum atomic E-state index is 0.261. The van der Waals surface area contributed by atoms with Crippen LogP contribution in [0.25, 0.3) is 11.1 Å². The van der Waals surface area contributed by atoms with Crippen LogP contribution in [0, 0.1) is 0 Å². The third-order valence-electron chi connectivity index (χ3n) is 5.61. The van der Waals surface area contributed by atoms with Crippen LogP contribution in [-0.4, -0.2) is 25.0 Å². The minimum absolute atomic E-state index is 0.261. The fourth-order valence-corrected chi connectivity index (χ4v) is 4.16. The molecule has 0 amide bonds. The molecular formula is C28H47N. The highest BCUT2D eigenvalue weighted by Crippen LogP contribution is 2.53. The summed E-state index contributed by atoms with van der Waals surface area (Å²) in [5.74, 6) is 0. The van der Waals surface area contributed by atoms with E-state index in [1.54, 1.807) is 11.1 Å². The molecule has 0 spiro atoms. The lowest BCUT2D eigenvalue weighted by Crippen LogP contribution is -2.24. The lowest BCUT2D eigenvalue weighted by Gasteiger charge is -2.31. The Morgan fingerprint density at radius 1 is 0.621 bits per heavy atom. The number of rotatable bonds is 6. The summed E-state index contributed by atoms with van der Waals surface area (Å²) in [6, 6.07) is 18.0. The van der Waals surface area contributed by atoms with E-state index < -0.39 is 0 Å². The highest BCUT2D eigenvalue weighted by molar-refractivity contribution is 5.80. The summed E-state index contributed by atoms with van der Waals surface area (Å²) < 4.78 is 0. The molecule has 3 rings (SSSR count). The van der Waals surface area contributed by atoms with Gasteiger partial charge in [0, 0.05) is 5.41 Å². The maximum absolute atomic E-state index is 2.35. The van der Waals surface area contributed by atoms with Crippen molar-refractivity contribution in [3.63, 3.8) is 0 Å². The Balaban J connectivity index is 0.000000670. The van der Waals surface area contributed by atoms with Crippen LogP contribution in [0.5, 0.6) is 0 Å². The van der Waals surface area contributed by atoms with Crippen molar-refractivity contribution < 1.29 is 0 Å². The van der Waals surface area contributed by atoms with Crippen molar-refractivity contribution in [1.29, 1.82) is 0 Å². The van der Waals surface area contributed by atoms with Crippen LogP contribution in [0.3, 0.4) is 0 Å². The van der Waals surface area contributed by atoms with E-state index in [2.05, 4.69) is 88.2 Å². The van der Waals surface area contributed by atoms with Crippen LogP contribution in [-0.2, 0) is 5.41 Å². The molecule has 0 heterocycles. The van der Waals surface area contributed by atoms with Crippen molar-refractivity contribution in [3.8, 4) is 11.1 Å². The second kappa shape index (κ2) is 15.3. The highest BCUT2D eigenvalue weighted by Gasteiger charge is 2.40. The van der Waals surface area contributed by atoms with E-state index in [-0.39, 0.29) is 5.41 Å². The molecule has 2 aromatic carbocycles. The fourth-order valence-electron chi connectivity index (χ4n) is 4.16. The number of hydrogen-bond acceptors (Lipinski definition) is 1. The Morgan fingerprint density at radius 3 is 1.24 bits per heavy atom. The van der Waals surface area contributed by atoms with Gasteiger partial charge >= 0.3 is 0 Å². The summed E-state index contributed by atoms with van der Waals surface area (Å²) in [6.45, 7) is 19.3. The van der Waals surface area contributed by atoms with Gasteiger partial charge in [0.1, 0.15) is 0 Å². The standard InChI is InChI=1S/C19H22.C5H13N.2C2H6/c1-3-13-19(14-4-2)17-11-7-5-9-15(17)16-10-6-8-12-18(16)19;1-4-6(3)5-2;2*1-2/h5-12H,3-4,13-14H2,1-2H3;4-5H2,1-3H3;2*1-2H3. The first-order chi connectivity index (χ1) is 14.1. The van der Waals surface area contributed by atoms with Crippen LogP contribution in [0.2, 0.25) is 0 Å². The molecule has 0 saturated heterocycles. The summed E-state index contributed by atoms with van der Waals surface area (Å²) in [5.41, 5.74) is 6.29. The average Bonchev–Trinajstić information content (AvgIpc) is 3.07. The molecule has 0 atom stereocenters. The average molecular weight is 398 g/mol. The van der Waals surface area contributed by atoms with Gasteiger partial charge in [-0.25, -0.2) is 0 Å². The lowest BCUT2D eigenvalue weighted by molar-refractivity contribution is 0.373. The maximum Gasteiger partial charge on any atom is 0.0215 e. The van der Waals surface area contributed by atoms with E-state index in [1.165, 1.54) is 36.8 Å². The van der Waals surface area contributed by atoms with Crippen LogP contribution >= 0.6 is 0 Å². The number of benzene rings is 2. The van der Waals surface area contributed by atoms with Crippen LogP contribution in [0.4, 0.5) is 0 Å². The first kappa shape index (κ1) is 27.4. The van der Waals surface area contributed by atoms with Crippen LogP contribution < -0.4 is 0 Å². The summed E-state index contributed by atoms with van der Waals surface area (Å²) in [5, 5.41) is 0. The molecule has 1 aliphatic rings. The Kier molecular flexibility index (Phi) is 14.4. The zero-order valence-electron chi connectivity index (χ0n) is 20.8. The number of nitrogens with zero attached hydrogens (tertiary/aromatic N) is 1. The molecule has 1 aliphatic carbocycles. The Hall–Kier alpha value is -1.60. The third-order valence-corrected chi connectivity index (χ3v) is 5.61. The van der Waals surface area contributed by atoms with Gasteiger partial charge < -0.3 is 4.90 Å². The SMILES string of the molecule is CC.CC.CCCC1(CCC)c2ccccc2-c2ccccc21.CCN(C)CC. The molecule has 0 unspecified atom stereocenters. The van der Waals surface area contributed by atoms with Gasteiger partial charge in [-0.05, 0) is 55.2 Å². The van der Waals surface area contributed by atoms with Crippen LogP contribution in [0.15, 0.2) is 48.5 Å². The van der Waals surface area contributed by atoms with Crippen molar-refractivity contribution in [2.75, 3.05) is 20.1 Å². The van der Waals surface area contributed by atoms with Crippen molar-refractivity contribution in [2.45, 2.75) is 86.5 Å². The van der Waals surface area contributed by atoms with Crippen molar-refractivity contribution in [3.05, 3.63) is 59.7 Å². The predicted octanol–water partition coefficient (Wildman–Crippen LogP) is 8.56. The van der Waals surface area contributed by atoms with Gasteiger partial charge in [-0.3, -0.25) is 0 Å². The molecule has 0 N–H and O–H groups in total. The van der Waals surface area contributed by atoms with E-state index in [4.69, 9.17) is 0 Å². The molecule has 0 radical (unpaired) electrons. The fraction of sp³-hybridized carbons (Fsp3) is 0.571. The summed E-state index contributed by atoms with van der Waals surface area (Å²) in [7, 11) is 2.11. The summed E-state index contributed by atoms with van der Waals surface area (Å²) in [4.78, 5) is 2.25. The van der Waals surface area contributed by atoms with E-state index in [9.17, 15) is 0 Å². The Labute approximate surface area is 182 Å². The lowest BCUT2D eigenvalue weighted by atomic mass is 9.71. The number of hydrogen-bond donors (Lipinski definition) is 0. The minimum Gasteiger partial charge on any atom is -0.307 e. The zero-order valence-corrected chi connectivity index (χ0v) is 20.8. The topological polar surface area (TPSA) is 3.24 Å². The molecule has 2 aromatic rings. The van der Waals surface area contributed by atoms with Gasteiger partial charge in [-0.15, -0.1) is 0 Å². The molecule has 164 valence electrons. The largest absolute Gasteiger partial charge is 0.307 e. The second-order valence-corrected chi connectivity index (χ2v) is 7.16. The van der Waals surface area contributed by atoms with E-state index in [0.717, 1.165) is 13.1 Å². The van der Waals surface area contributed by atoms with Gasteiger partial charge in [0.15, 0.2) is 0 Å². The van der Waals surface area contributed by atoms with Crippen molar-refractivity contribution >= 4 is 0 Å².